The summed E-state index contributed by atoms with van der Waals surface area (Å²) in [5, 5.41) is 0. The summed E-state index contributed by atoms with van der Waals surface area (Å²) >= 11 is 0. The quantitative estimate of drug-likeness (QED) is 0.627. The summed E-state index contributed by atoms with van der Waals surface area (Å²) in [6.45, 7) is 5.12. The van der Waals surface area contributed by atoms with Crippen molar-refractivity contribution in [2.75, 3.05) is 26.2 Å². The fourth-order valence-corrected chi connectivity index (χ4v) is 5.03. The molecule has 170 valence electrons. The molecule has 1 aromatic carbocycles. The lowest BCUT2D eigenvalue weighted by molar-refractivity contribution is -0.163. The van der Waals surface area contributed by atoms with Gasteiger partial charge in [0.1, 0.15) is 6.54 Å². The molecule has 1 amide bonds. The van der Waals surface area contributed by atoms with Crippen LogP contribution in [0.25, 0.3) is 0 Å². The fourth-order valence-electron chi connectivity index (χ4n) is 3.51. The lowest BCUT2D eigenvalue weighted by Crippen LogP contribution is -2.43. The van der Waals surface area contributed by atoms with E-state index >= 15 is 0 Å². The number of carbonyl (C=O) groups is 1. The number of hydrogen-bond acceptors (Lipinski definition) is 3. The number of halogens is 3. The lowest BCUT2D eigenvalue weighted by Gasteiger charge is -2.30. The molecule has 0 radical (unpaired) electrons. The summed E-state index contributed by atoms with van der Waals surface area (Å²) in [7, 11) is -3.53. The van der Waals surface area contributed by atoms with E-state index in [2.05, 4.69) is 0 Å². The van der Waals surface area contributed by atoms with Crippen LogP contribution in [0, 0.1) is 5.41 Å². The molecule has 5 nitrogen and oxygen atoms in total. The highest BCUT2D eigenvalue weighted by atomic mass is 32.2. The Morgan fingerprint density at radius 1 is 1.00 bits per heavy atom. The van der Waals surface area contributed by atoms with Gasteiger partial charge in [-0.15, -0.1) is 0 Å². The minimum atomic E-state index is -4.45. The van der Waals surface area contributed by atoms with Crippen LogP contribution in [0.3, 0.4) is 0 Å². The molecule has 1 fully saturated rings. The zero-order valence-electron chi connectivity index (χ0n) is 17.8. The monoisotopic (exact) mass is 448 g/mol. The van der Waals surface area contributed by atoms with Crippen LogP contribution in [0.4, 0.5) is 13.2 Å². The van der Waals surface area contributed by atoms with Gasteiger partial charge in [0.25, 0.3) is 0 Å². The predicted molar refractivity (Wildman–Crippen MR) is 109 cm³/mol. The molecule has 2 rings (SSSR count). The molecule has 1 aromatic rings. The van der Waals surface area contributed by atoms with E-state index in [1.54, 1.807) is 32.9 Å². The second-order valence-corrected chi connectivity index (χ2v) is 11.0. The SMILES string of the molecule is CC(C)(C)CN(CC(F)(F)F)C(=O)CCc1ccc(S(=O)(=O)N2CCCCC2)cc1. The van der Waals surface area contributed by atoms with Gasteiger partial charge < -0.3 is 4.90 Å². The molecular formula is C21H31F3N2O3S. The van der Waals surface area contributed by atoms with E-state index in [1.165, 1.54) is 16.4 Å². The highest BCUT2D eigenvalue weighted by molar-refractivity contribution is 7.89. The summed E-state index contributed by atoms with van der Waals surface area (Å²) in [4.78, 5) is 13.5. The molecule has 0 bridgehead atoms. The minimum absolute atomic E-state index is 0.0123. The first-order valence-corrected chi connectivity index (χ1v) is 11.7. The second kappa shape index (κ2) is 9.68. The molecule has 30 heavy (non-hydrogen) atoms. The number of hydrogen-bond donors (Lipinski definition) is 0. The van der Waals surface area contributed by atoms with Gasteiger partial charge in [0.2, 0.25) is 15.9 Å². The molecule has 1 aliphatic rings. The molecule has 9 heteroatoms. The molecule has 0 aliphatic carbocycles. The summed E-state index contributed by atoms with van der Waals surface area (Å²) in [6, 6.07) is 6.27. The molecular weight excluding hydrogens is 417 g/mol. The van der Waals surface area contributed by atoms with Crippen molar-refractivity contribution in [1.29, 1.82) is 0 Å². The van der Waals surface area contributed by atoms with Crippen molar-refractivity contribution in [3.63, 3.8) is 0 Å². The number of carbonyl (C=O) groups excluding carboxylic acids is 1. The van der Waals surface area contributed by atoms with Gasteiger partial charge in [-0.05, 0) is 42.4 Å². The van der Waals surface area contributed by atoms with Crippen molar-refractivity contribution in [2.24, 2.45) is 5.41 Å². The Kier molecular flexibility index (Phi) is 7.96. The molecule has 0 atom stereocenters. The second-order valence-electron chi connectivity index (χ2n) is 9.03. The van der Waals surface area contributed by atoms with Crippen molar-refractivity contribution < 1.29 is 26.4 Å². The van der Waals surface area contributed by atoms with Gasteiger partial charge in [0.05, 0.1) is 4.90 Å². The number of aryl methyl sites for hydroxylation is 1. The van der Waals surface area contributed by atoms with Crippen molar-refractivity contribution in [2.45, 2.75) is 63.9 Å². The van der Waals surface area contributed by atoms with Crippen LogP contribution in [0.2, 0.25) is 0 Å². The molecule has 1 aliphatic heterocycles. The lowest BCUT2D eigenvalue weighted by atomic mass is 9.95. The molecule has 0 saturated carbocycles. The largest absolute Gasteiger partial charge is 0.406 e. The van der Waals surface area contributed by atoms with Crippen LogP contribution in [-0.4, -0.2) is 55.9 Å². The van der Waals surface area contributed by atoms with Crippen molar-refractivity contribution >= 4 is 15.9 Å². The molecule has 1 heterocycles. The summed E-state index contributed by atoms with van der Waals surface area (Å²) in [5.41, 5.74) is 0.259. The standard InChI is InChI=1S/C21H31F3N2O3S/c1-20(2,3)15-25(16-21(22,23)24)19(27)12-9-17-7-10-18(11-8-17)30(28,29)26-13-5-4-6-14-26/h7-8,10-11H,4-6,9,12-16H2,1-3H3. The molecule has 0 spiro atoms. The van der Waals surface area contributed by atoms with Crippen molar-refractivity contribution in [3.05, 3.63) is 29.8 Å². The van der Waals surface area contributed by atoms with Crippen LogP contribution in [-0.2, 0) is 21.2 Å². The third kappa shape index (κ3) is 7.58. The first-order chi connectivity index (χ1) is 13.8. The number of piperidine rings is 1. The van der Waals surface area contributed by atoms with Crippen LogP contribution >= 0.6 is 0 Å². The minimum Gasteiger partial charge on any atom is -0.333 e. The molecule has 1 saturated heterocycles. The molecule has 0 aromatic heterocycles. The number of rotatable bonds is 7. The third-order valence-corrected chi connectivity index (χ3v) is 6.80. The van der Waals surface area contributed by atoms with Gasteiger partial charge in [0, 0.05) is 26.1 Å². The van der Waals surface area contributed by atoms with Crippen LogP contribution in [0.5, 0.6) is 0 Å². The summed E-state index contributed by atoms with van der Waals surface area (Å²) in [6.07, 6.45) is -1.54. The van der Waals surface area contributed by atoms with Gasteiger partial charge in [-0.1, -0.05) is 39.3 Å². The maximum absolute atomic E-state index is 12.9. The number of benzene rings is 1. The Balaban J connectivity index is 2.01. The fraction of sp³-hybridized carbons (Fsp3) is 0.667. The van der Waals surface area contributed by atoms with Gasteiger partial charge in [-0.2, -0.15) is 17.5 Å². The van der Waals surface area contributed by atoms with Gasteiger partial charge in [-0.3, -0.25) is 4.79 Å². The van der Waals surface area contributed by atoms with E-state index in [9.17, 15) is 26.4 Å². The number of sulfonamides is 1. The average Bonchev–Trinajstić information content (AvgIpc) is 2.64. The van der Waals surface area contributed by atoms with E-state index in [4.69, 9.17) is 0 Å². The van der Waals surface area contributed by atoms with Gasteiger partial charge >= 0.3 is 6.18 Å². The van der Waals surface area contributed by atoms with E-state index in [0.717, 1.165) is 24.2 Å². The predicted octanol–water partition coefficient (Wildman–Crippen LogP) is 4.23. The van der Waals surface area contributed by atoms with Gasteiger partial charge in [-0.25, -0.2) is 8.42 Å². The van der Waals surface area contributed by atoms with E-state index < -0.39 is 34.1 Å². The average molecular weight is 449 g/mol. The molecule has 0 N–H and O–H groups in total. The van der Waals surface area contributed by atoms with Gasteiger partial charge in [0.15, 0.2) is 0 Å². The normalized spacial score (nSPS) is 16.5. The Morgan fingerprint density at radius 2 is 1.57 bits per heavy atom. The molecule has 0 unspecified atom stereocenters. The Labute approximate surface area is 177 Å². The summed E-state index contributed by atoms with van der Waals surface area (Å²) in [5.74, 6) is -0.563. The van der Waals surface area contributed by atoms with Crippen LogP contribution < -0.4 is 0 Å². The van der Waals surface area contributed by atoms with E-state index in [1.807, 2.05) is 0 Å². The zero-order chi connectivity index (χ0) is 22.6. The number of alkyl halides is 3. The first-order valence-electron chi connectivity index (χ1n) is 10.2. The Morgan fingerprint density at radius 3 is 2.07 bits per heavy atom. The Bertz CT molecular complexity index is 793. The Hall–Kier alpha value is -1.61. The summed E-state index contributed by atoms with van der Waals surface area (Å²) < 4.78 is 65.4. The number of amides is 1. The maximum atomic E-state index is 12.9. The van der Waals surface area contributed by atoms with Crippen LogP contribution in [0.15, 0.2) is 29.2 Å². The third-order valence-electron chi connectivity index (χ3n) is 4.89. The smallest absolute Gasteiger partial charge is 0.333 e. The highest BCUT2D eigenvalue weighted by Crippen LogP contribution is 2.23. The van der Waals surface area contributed by atoms with Crippen molar-refractivity contribution in [1.82, 2.24) is 9.21 Å². The maximum Gasteiger partial charge on any atom is 0.406 e. The van der Waals surface area contributed by atoms with Crippen LogP contribution in [0.1, 0.15) is 52.0 Å². The number of nitrogens with zero attached hydrogens (tertiary/aromatic N) is 2. The highest BCUT2D eigenvalue weighted by Gasteiger charge is 2.34. The zero-order valence-corrected chi connectivity index (χ0v) is 18.7. The van der Waals surface area contributed by atoms with E-state index in [0.29, 0.717) is 18.7 Å². The van der Waals surface area contributed by atoms with Crippen molar-refractivity contribution in [3.8, 4) is 0 Å². The van der Waals surface area contributed by atoms with E-state index in [-0.39, 0.29) is 24.3 Å². The topological polar surface area (TPSA) is 57.7 Å². The first kappa shape index (κ1) is 24.7.